The summed E-state index contributed by atoms with van der Waals surface area (Å²) >= 11 is 1.53. The first-order valence-corrected chi connectivity index (χ1v) is 11.4. The SMILES string of the molecule is Cc1sc2ncn(CC3(O)CCN(C(=O)CCN4CCCC4)CC3)c(=O)c2c1C. The Morgan fingerprint density at radius 1 is 1.21 bits per heavy atom. The van der Waals surface area contributed by atoms with Gasteiger partial charge < -0.3 is 14.9 Å². The van der Waals surface area contributed by atoms with Crippen molar-refractivity contribution in [3.05, 3.63) is 27.1 Å². The van der Waals surface area contributed by atoms with Crippen LogP contribution in [-0.2, 0) is 11.3 Å². The molecule has 0 spiro atoms. The Morgan fingerprint density at radius 2 is 1.90 bits per heavy atom. The number of amides is 1. The molecule has 0 saturated carbocycles. The summed E-state index contributed by atoms with van der Waals surface area (Å²) in [6, 6.07) is 0. The molecule has 0 aliphatic carbocycles. The summed E-state index contributed by atoms with van der Waals surface area (Å²) < 4.78 is 1.53. The molecule has 1 amide bonds. The summed E-state index contributed by atoms with van der Waals surface area (Å²) in [7, 11) is 0. The van der Waals surface area contributed by atoms with Gasteiger partial charge in [0.25, 0.3) is 5.56 Å². The van der Waals surface area contributed by atoms with Crippen molar-refractivity contribution in [2.75, 3.05) is 32.7 Å². The molecule has 2 aliphatic rings. The third-order valence-corrected chi connectivity index (χ3v) is 7.62. The van der Waals surface area contributed by atoms with Crippen molar-refractivity contribution in [3.63, 3.8) is 0 Å². The minimum Gasteiger partial charge on any atom is -0.388 e. The number of hydrogen-bond acceptors (Lipinski definition) is 6. The summed E-state index contributed by atoms with van der Waals surface area (Å²) in [5.41, 5.74) is -0.0965. The van der Waals surface area contributed by atoms with Crippen molar-refractivity contribution in [1.82, 2.24) is 19.4 Å². The minimum absolute atomic E-state index is 0.0885. The molecule has 0 atom stereocenters. The molecule has 0 bridgehead atoms. The zero-order valence-electron chi connectivity index (χ0n) is 17.3. The second kappa shape index (κ2) is 8.16. The van der Waals surface area contributed by atoms with E-state index in [1.165, 1.54) is 28.7 Å². The van der Waals surface area contributed by atoms with Crippen LogP contribution in [0.5, 0.6) is 0 Å². The summed E-state index contributed by atoms with van der Waals surface area (Å²) in [4.78, 5) is 35.9. The Hall–Kier alpha value is -1.77. The molecule has 158 valence electrons. The quantitative estimate of drug-likeness (QED) is 0.803. The van der Waals surface area contributed by atoms with Gasteiger partial charge in [0, 0.05) is 30.9 Å². The van der Waals surface area contributed by atoms with Gasteiger partial charge in [-0.1, -0.05) is 0 Å². The Balaban J connectivity index is 1.37. The van der Waals surface area contributed by atoms with Crippen LogP contribution in [0.15, 0.2) is 11.1 Å². The van der Waals surface area contributed by atoms with E-state index in [-0.39, 0.29) is 18.0 Å². The summed E-state index contributed by atoms with van der Waals surface area (Å²) in [5.74, 6) is 0.170. The molecule has 1 N–H and O–H groups in total. The normalized spacial score (nSPS) is 19.9. The predicted octanol–water partition coefficient (Wildman–Crippen LogP) is 1.91. The Labute approximate surface area is 175 Å². The number of aryl methyl sites for hydroxylation is 2. The number of hydrogen-bond donors (Lipinski definition) is 1. The second-order valence-corrected chi connectivity index (χ2v) is 9.75. The van der Waals surface area contributed by atoms with Gasteiger partial charge in [-0.3, -0.25) is 14.2 Å². The third kappa shape index (κ3) is 4.25. The number of carbonyl (C=O) groups is 1. The maximum atomic E-state index is 12.9. The van der Waals surface area contributed by atoms with Crippen LogP contribution in [0.3, 0.4) is 0 Å². The van der Waals surface area contributed by atoms with Gasteiger partial charge in [0.05, 0.1) is 23.9 Å². The lowest BCUT2D eigenvalue weighted by Crippen LogP contribution is -2.50. The number of piperidine rings is 1. The van der Waals surface area contributed by atoms with Crippen molar-refractivity contribution in [3.8, 4) is 0 Å². The lowest BCUT2D eigenvalue weighted by molar-refractivity contribution is -0.136. The third-order valence-electron chi connectivity index (χ3n) is 6.51. The first-order chi connectivity index (χ1) is 13.9. The first kappa shape index (κ1) is 20.5. The average molecular weight is 419 g/mol. The van der Waals surface area contributed by atoms with Crippen molar-refractivity contribution >= 4 is 27.5 Å². The van der Waals surface area contributed by atoms with E-state index < -0.39 is 5.60 Å². The molecule has 2 aromatic rings. The van der Waals surface area contributed by atoms with E-state index in [9.17, 15) is 14.7 Å². The number of fused-ring (bicyclic) bond motifs is 1. The van der Waals surface area contributed by atoms with Crippen LogP contribution in [0.4, 0.5) is 0 Å². The van der Waals surface area contributed by atoms with E-state index in [4.69, 9.17) is 0 Å². The summed E-state index contributed by atoms with van der Waals surface area (Å²) in [6.45, 7) is 8.27. The van der Waals surface area contributed by atoms with Crippen LogP contribution < -0.4 is 5.56 Å². The Bertz CT molecular complexity index is 953. The van der Waals surface area contributed by atoms with E-state index in [2.05, 4.69) is 9.88 Å². The second-order valence-electron chi connectivity index (χ2n) is 8.54. The molecule has 2 saturated heterocycles. The largest absolute Gasteiger partial charge is 0.388 e. The van der Waals surface area contributed by atoms with Crippen LogP contribution in [0.25, 0.3) is 10.2 Å². The molecule has 2 fully saturated rings. The molecular formula is C21H30N4O3S. The van der Waals surface area contributed by atoms with Gasteiger partial charge >= 0.3 is 0 Å². The van der Waals surface area contributed by atoms with Gasteiger partial charge in [-0.05, 0) is 58.2 Å². The van der Waals surface area contributed by atoms with Crippen LogP contribution in [0, 0.1) is 13.8 Å². The topological polar surface area (TPSA) is 78.7 Å². The number of aromatic nitrogens is 2. The maximum Gasteiger partial charge on any atom is 0.262 e. The van der Waals surface area contributed by atoms with Crippen molar-refractivity contribution < 1.29 is 9.90 Å². The molecule has 4 heterocycles. The standard InChI is InChI=1S/C21H30N4O3S/c1-15-16(2)29-19-18(15)20(27)25(14-22-19)13-21(28)6-11-24(12-7-21)17(26)5-10-23-8-3-4-9-23/h14,28H,3-13H2,1-2H3. The average Bonchev–Trinajstić information content (AvgIpc) is 3.31. The number of aliphatic hydroxyl groups is 1. The highest BCUT2D eigenvalue weighted by Gasteiger charge is 2.35. The van der Waals surface area contributed by atoms with Crippen LogP contribution in [-0.4, -0.2) is 68.7 Å². The highest BCUT2D eigenvalue weighted by Crippen LogP contribution is 2.27. The maximum absolute atomic E-state index is 12.9. The van der Waals surface area contributed by atoms with Crippen molar-refractivity contribution in [2.24, 2.45) is 0 Å². The molecule has 7 nitrogen and oxygen atoms in total. The van der Waals surface area contributed by atoms with Crippen LogP contribution in [0.2, 0.25) is 0 Å². The molecule has 0 radical (unpaired) electrons. The molecule has 29 heavy (non-hydrogen) atoms. The van der Waals surface area contributed by atoms with E-state index in [1.54, 1.807) is 6.33 Å². The molecule has 0 aromatic carbocycles. The molecule has 2 aliphatic heterocycles. The first-order valence-electron chi connectivity index (χ1n) is 10.5. The zero-order chi connectivity index (χ0) is 20.6. The number of nitrogens with zero attached hydrogens (tertiary/aromatic N) is 4. The summed E-state index contributed by atoms with van der Waals surface area (Å²) in [6.07, 6.45) is 5.52. The molecule has 0 unspecified atom stereocenters. The summed E-state index contributed by atoms with van der Waals surface area (Å²) in [5, 5.41) is 11.7. The molecule has 2 aromatic heterocycles. The zero-order valence-corrected chi connectivity index (χ0v) is 18.1. The van der Waals surface area contributed by atoms with Gasteiger partial charge in [-0.15, -0.1) is 11.3 Å². The highest BCUT2D eigenvalue weighted by atomic mass is 32.1. The monoisotopic (exact) mass is 418 g/mol. The van der Waals surface area contributed by atoms with Crippen molar-refractivity contribution in [2.45, 2.75) is 58.1 Å². The number of rotatable bonds is 5. The lowest BCUT2D eigenvalue weighted by Gasteiger charge is -2.38. The Morgan fingerprint density at radius 3 is 2.59 bits per heavy atom. The fourth-order valence-electron chi connectivity index (χ4n) is 4.45. The number of likely N-dealkylation sites (tertiary alicyclic amines) is 2. The van der Waals surface area contributed by atoms with Gasteiger partial charge in [0.15, 0.2) is 0 Å². The fraction of sp³-hybridized carbons (Fsp3) is 0.667. The lowest BCUT2D eigenvalue weighted by atomic mass is 9.91. The number of carbonyl (C=O) groups excluding carboxylic acids is 1. The number of thiophene rings is 1. The van der Waals surface area contributed by atoms with E-state index in [1.807, 2.05) is 18.7 Å². The molecule has 4 rings (SSSR count). The van der Waals surface area contributed by atoms with Crippen LogP contribution >= 0.6 is 11.3 Å². The fourth-order valence-corrected chi connectivity index (χ4v) is 5.44. The van der Waals surface area contributed by atoms with Gasteiger partial charge in [0.1, 0.15) is 4.83 Å². The highest BCUT2D eigenvalue weighted by molar-refractivity contribution is 7.18. The molecule has 8 heteroatoms. The predicted molar refractivity (Wildman–Crippen MR) is 114 cm³/mol. The van der Waals surface area contributed by atoms with Gasteiger partial charge in [-0.25, -0.2) is 4.98 Å². The van der Waals surface area contributed by atoms with Crippen molar-refractivity contribution in [1.29, 1.82) is 0 Å². The molecular weight excluding hydrogens is 388 g/mol. The van der Waals surface area contributed by atoms with E-state index in [0.717, 1.165) is 34.9 Å². The van der Waals surface area contributed by atoms with Gasteiger partial charge in [-0.2, -0.15) is 0 Å². The van der Waals surface area contributed by atoms with E-state index >= 15 is 0 Å². The van der Waals surface area contributed by atoms with E-state index in [0.29, 0.717) is 37.7 Å². The smallest absolute Gasteiger partial charge is 0.262 e. The van der Waals surface area contributed by atoms with Gasteiger partial charge in [0.2, 0.25) is 5.91 Å². The Kier molecular flexibility index (Phi) is 5.77. The van der Waals surface area contributed by atoms with Crippen LogP contribution in [0.1, 0.15) is 42.5 Å². The minimum atomic E-state index is -0.982.